The van der Waals surface area contributed by atoms with Gasteiger partial charge in [0.05, 0.1) is 4.92 Å². The molecule has 0 atom stereocenters. The third-order valence-corrected chi connectivity index (χ3v) is 1.14. The SMILES string of the molecule is CC/C(=C(/N)NC)[N+](=O)[O-]. The lowest BCUT2D eigenvalue weighted by molar-refractivity contribution is -0.429. The summed E-state index contributed by atoms with van der Waals surface area (Å²) in [6.07, 6.45) is 0.333. The van der Waals surface area contributed by atoms with Crippen LogP contribution in [0.4, 0.5) is 0 Å². The van der Waals surface area contributed by atoms with Crippen molar-refractivity contribution in [2.45, 2.75) is 13.3 Å². The first-order chi connectivity index (χ1) is 4.63. The van der Waals surface area contributed by atoms with Crippen LogP contribution in [0.25, 0.3) is 0 Å². The van der Waals surface area contributed by atoms with Crippen molar-refractivity contribution >= 4 is 0 Å². The first-order valence-electron chi connectivity index (χ1n) is 2.94. The fourth-order valence-electron chi connectivity index (χ4n) is 0.562. The molecule has 3 N–H and O–H groups in total. The zero-order valence-electron chi connectivity index (χ0n) is 6.05. The van der Waals surface area contributed by atoms with Crippen molar-refractivity contribution in [2.24, 2.45) is 5.73 Å². The molecule has 0 bridgehead atoms. The van der Waals surface area contributed by atoms with Crippen molar-refractivity contribution < 1.29 is 4.92 Å². The number of rotatable bonds is 3. The molecule has 0 unspecified atom stereocenters. The Labute approximate surface area is 59.1 Å². The van der Waals surface area contributed by atoms with Gasteiger partial charge < -0.3 is 11.1 Å². The van der Waals surface area contributed by atoms with Crippen molar-refractivity contribution in [1.82, 2.24) is 5.32 Å². The van der Waals surface area contributed by atoms with E-state index < -0.39 is 4.92 Å². The second kappa shape index (κ2) is 3.71. The quantitative estimate of drug-likeness (QED) is 0.433. The molecule has 0 spiro atoms. The van der Waals surface area contributed by atoms with E-state index in [-0.39, 0.29) is 11.5 Å². The molecule has 0 aromatic rings. The van der Waals surface area contributed by atoms with Crippen LogP contribution in [-0.4, -0.2) is 12.0 Å². The number of allylic oxidation sites excluding steroid dienone is 1. The summed E-state index contributed by atoms with van der Waals surface area (Å²) in [6.45, 7) is 1.68. The molecule has 0 heterocycles. The molecule has 0 saturated carbocycles. The van der Waals surface area contributed by atoms with E-state index in [1.54, 1.807) is 14.0 Å². The van der Waals surface area contributed by atoms with Gasteiger partial charge in [-0.2, -0.15) is 0 Å². The van der Waals surface area contributed by atoms with Crippen LogP contribution in [-0.2, 0) is 0 Å². The largest absolute Gasteiger partial charge is 0.380 e. The molecule has 10 heavy (non-hydrogen) atoms. The normalized spacial score (nSPS) is 12.2. The van der Waals surface area contributed by atoms with Gasteiger partial charge in [0.1, 0.15) is 0 Å². The molecule has 58 valence electrons. The van der Waals surface area contributed by atoms with Crippen molar-refractivity contribution in [3.05, 3.63) is 21.6 Å². The van der Waals surface area contributed by atoms with Gasteiger partial charge in [-0.05, 0) is 0 Å². The first kappa shape index (κ1) is 8.74. The van der Waals surface area contributed by atoms with Crippen LogP contribution in [0.2, 0.25) is 0 Å². The van der Waals surface area contributed by atoms with Gasteiger partial charge in [0, 0.05) is 13.5 Å². The molecule has 0 aromatic carbocycles. The maximum Gasteiger partial charge on any atom is 0.285 e. The minimum Gasteiger partial charge on any atom is -0.380 e. The molecule has 0 fully saturated rings. The van der Waals surface area contributed by atoms with E-state index in [1.165, 1.54) is 0 Å². The van der Waals surface area contributed by atoms with E-state index >= 15 is 0 Å². The molecular formula is C5H11N3O2. The topological polar surface area (TPSA) is 81.2 Å². The van der Waals surface area contributed by atoms with Gasteiger partial charge in [-0.15, -0.1) is 0 Å². The molecule has 0 amide bonds. The number of nitrogens with two attached hydrogens (primary N) is 1. The van der Waals surface area contributed by atoms with Gasteiger partial charge >= 0.3 is 0 Å². The Hall–Kier alpha value is -1.26. The Kier molecular flexibility index (Phi) is 3.24. The van der Waals surface area contributed by atoms with Crippen LogP contribution < -0.4 is 11.1 Å². The van der Waals surface area contributed by atoms with E-state index in [1.807, 2.05) is 0 Å². The van der Waals surface area contributed by atoms with Crippen molar-refractivity contribution in [1.29, 1.82) is 0 Å². The number of nitrogens with zero attached hydrogens (tertiary/aromatic N) is 1. The summed E-state index contributed by atoms with van der Waals surface area (Å²) in [5.74, 6) is 0.132. The Balaban J connectivity index is 4.45. The highest BCUT2D eigenvalue weighted by molar-refractivity contribution is 4.99. The Morgan fingerprint density at radius 3 is 2.40 bits per heavy atom. The predicted octanol–water partition coefficient (Wildman–Crippen LogP) is 0.0203. The van der Waals surface area contributed by atoms with Crippen molar-refractivity contribution in [3.63, 3.8) is 0 Å². The molecule has 0 saturated heterocycles. The molecule has 0 aliphatic heterocycles. The number of hydrogen-bond acceptors (Lipinski definition) is 4. The maximum absolute atomic E-state index is 10.2. The summed E-state index contributed by atoms with van der Waals surface area (Å²) < 4.78 is 0. The highest BCUT2D eigenvalue weighted by atomic mass is 16.6. The second-order valence-corrected chi connectivity index (χ2v) is 1.72. The Morgan fingerprint density at radius 1 is 1.80 bits per heavy atom. The zero-order chi connectivity index (χ0) is 8.15. The van der Waals surface area contributed by atoms with Crippen LogP contribution in [0.15, 0.2) is 11.5 Å². The first-order valence-corrected chi connectivity index (χ1v) is 2.94. The number of nitrogens with one attached hydrogen (secondary N) is 1. The highest BCUT2D eigenvalue weighted by Crippen LogP contribution is 2.01. The van der Waals surface area contributed by atoms with Crippen LogP contribution in [0.3, 0.4) is 0 Å². The van der Waals surface area contributed by atoms with Crippen LogP contribution >= 0.6 is 0 Å². The molecule has 0 aliphatic carbocycles. The molecule has 5 nitrogen and oxygen atoms in total. The fraction of sp³-hybridized carbons (Fsp3) is 0.600. The summed E-state index contributed by atoms with van der Waals surface area (Å²) in [7, 11) is 1.55. The highest BCUT2D eigenvalue weighted by Gasteiger charge is 2.11. The molecule has 0 aliphatic rings. The fourth-order valence-corrected chi connectivity index (χ4v) is 0.562. The van der Waals surface area contributed by atoms with Gasteiger partial charge in [0.15, 0.2) is 5.82 Å². The molecule has 5 heteroatoms. The molecule has 0 rings (SSSR count). The number of hydrogen-bond donors (Lipinski definition) is 2. The second-order valence-electron chi connectivity index (χ2n) is 1.72. The third kappa shape index (κ3) is 1.93. The summed E-state index contributed by atoms with van der Waals surface area (Å²) in [6, 6.07) is 0. The van der Waals surface area contributed by atoms with Crippen molar-refractivity contribution in [3.8, 4) is 0 Å². The predicted molar refractivity (Wildman–Crippen MR) is 37.6 cm³/mol. The van der Waals surface area contributed by atoms with E-state index in [9.17, 15) is 10.1 Å². The Bertz CT molecular complexity index is 164. The average Bonchev–Trinajstić information content (AvgIpc) is 1.88. The van der Waals surface area contributed by atoms with Crippen molar-refractivity contribution in [2.75, 3.05) is 7.05 Å². The summed E-state index contributed by atoms with van der Waals surface area (Å²) in [5, 5.41) is 12.7. The van der Waals surface area contributed by atoms with Gasteiger partial charge in [0.25, 0.3) is 5.70 Å². The van der Waals surface area contributed by atoms with Gasteiger partial charge in [0.2, 0.25) is 0 Å². The minimum absolute atomic E-state index is 0.0301. The van der Waals surface area contributed by atoms with Crippen LogP contribution in [0, 0.1) is 10.1 Å². The van der Waals surface area contributed by atoms with E-state index in [4.69, 9.17) is 5.73 Å². The molecule has 0 radical (unpaired) electrons. The average molecular weight is 145 g/mol. The maximum atomic E-state index is 10.2. The van der Waals surface area contributed by atoms with Gasteiger partial charge in [-0.25, -0.2) is 0 Å². The standard InChI is InChI=1S/C5H11N3O2/c1-3-4(8(9)10)5(6)7-2/h7H,3,6H2,1-2H3/b5-4+. The van der Waals surface area contributed by atoms with Crippen LogP contribution in [0.1, 0.15) is 13.3 Å². The minimum atomic E-state index is -0.480. The monoisotopic (exact) mass is 145 g/mol. The lowest BCUT2D eigenvalue weighted by Crippen LogP contribution is -2.20. The smallest absolute Gasteiger partial charge is 0.285 e. The molecular weight excluding hydrogens is 134 g/mol. The Morgan fingerprint density at radius 2 is 2.30 bits per heavy atom. The summed E-state index contributed by atoms with van der Waals surface area (Å²) in [5.41, 5.74) is 5.29. The number of nitro groups is 1. The third-order valence-electron chi connectivity index (χ3n) is 1.14. The summed E-state index contributed by atoms with van der Waals surface area (Å²) >= 11 is 0. The zero-order valence-corrected chi connectivity index (χ0v) is 6.05. The lowest BCUT2D eigenvalue weighted by Gasteiger charge is -1.99. The summed E-state index contributed by atoms with van der Waals surface area (Å²) in [4.78, 5) is 9.68. The molecule has 0 aromatic heterocycles. The van der Waals surface area contributed by atoms with Gasteiger partial charge in [-0.1, -0.05) is 6.92 Å². The van der Waals surface area contributed by atoms with E-state index in [0.29, 0.717) is 6.42 Å². The van der Waals surface area contributed by atoms with Crippen LogP contribution in [0.5, 0.6) is 0 Å². The van der Waals surface area contributed by atoms with Gasteiger partial charge in [-0.3, -0.25) is 10.1 Å². The van der Waals surface area contributed by atoms with E-state index in [2.05, 4.69) is 5.32 Å². The van der Waals surface area contributed by atoms with E-state index in [0.717, 1.165) is 0 Å². The lowest BCUT2D eigenvalue weighted by atomic mass is 10.3.